The highest BCUT2D eigenvalue weighted by Gasteiger charge is 2.12. The maximum atomic E-state index is 11.1. The lowest BCUT2D eigenvalue weighted by Crippen LogP contribution is -2.08. The molecule has 0 bridgehead atoms. The summed E-state index contributed by atoms with van der Waals surface area (Å²) in [6.07, 6.45) is -0.972. The number of aliphatic hydroxyl groups is 2. The van der Waals surface area contributed by atoms with E-state index in [0.717, 1.165) is 0 Å². The number of carbonyl (C=O) groups excluding carboxylic acids is 1. The zero-order valence-electron chi connectivity index (χ0n) is 7.40. The van der Waals surface area contributed by atoms with Crippen LogP contribution in [0.3, 0.4) is 0 Å². The van der Waals surface area contributed by atoms with Gasteiger partial charge in [0.25, 0.3) is 0 Å². The number of Topliss-reactive ketones (excluding diaryl/α,β-unsaturated/α-hetero) is 1. The van der Waals surface area contributed by atoms with E-state index in [4.69, 9.17) is 5.11 Å². The molecule has 0 heterocycles. The Hall–Kier alpha value is -1.19. The molecule has 0 saturated carbocycles. The Balaban J connectivity index is 3.11. The molecule has 1 aromatic rings. The SMILES string of the molecule is CC(=O)c1ccccc1C(O)CO. The van der Waals surface area contributed by atoms with Crippen molar-refractivity contribution in [3.8, 4) is 0 Å². The molecular weight excluding hydrogens is 168 g/mol. The predicted molar refractivity (Wildman–Crippen MR) is 48.5 cm³/mol. The van der Waals surface area contributed by atoms with E-state index in [1.54, 1.807) is 24.3 Å². The molecule has 1 aromatic carbocycles. The fourth-order valence-corrected chi connectivity index (χ4v) is 1.21. The number of carbonyl (C=O) groups is 1. The second kappa shape index (κ2) is 4.16. The Morgan fingerprint density at radius 2 is 2.08 bits per heavy atom. The normalized spacial score (nSPS) is 12.5. The van der Waals surface area contributed by atoms with Crippen LogP contribution in [0.2, 0.25) is 0 Å². The average Bonchev–Trinajstić information content (AvgIpc) is 2.16. The molecule has 70 valence electrons. The van der Waals surface area contributed by atoms with Gasteiger partial charge in [0, 0.05) is 5.56 Å². The molecule has 13 heavy (non-hydrogen) atoms. The first-order valence-corrected chi connectivity index (χ1v) is 4.05. The molecule has 0 radical (unpaired) electrons. The first kappa shape index (κ1) is 9.89. The summed E-state index contributed by atoms with van der Waals surface area (Å²) in [7, 11) is 0. The summed E-state index contributed by atoms with van der Waals surface area (Å²) in [5, 5.41) is 18.1. The van der Waals surface area contributed by atoms with Crippen molar-refractivity contribution in [2.45, 2.75) is 13.0 Å². The minimum Gasteiger partial charge on any atom is -0.393 e. The van der Waals surface area contributed by atoms with Gasteiger partial charge in [-0.1, -0.05) is 24.3 Å². The van der Waals surface area contributed by atoms with E-state index in [0.29, 0.717) is 11.1 Å². The molecule has 1 atom stereocenters. The van der Waals surface area contributed by atoms with Crippen LogP contribution in [-0.2, 0) is 0 Å². The van der Waals surface area contributed by atoms with Gasteiger partial charge in [0.1, 0.15) is 6.10 Å². The van der Waals surface area contributed by atoms with Crippen molar-refractivity contribution in [3.63, 3.8) is 0 Å². The number of ketones is 1. The van der Waals surface area contributed by atoms with Gasteiger partial charge in [-0.3, -0.25) is 4.79 Å². The molecule has 3 heteroatoms. The van der Waals surface area contributed by atoms with Gasteiger partial charge in [-0.2, -0.15) is 0 Å². The number of hydrogen-bond donors (Lipinski definition) is 2. The van der Waals surface area contributed by atoms with E-state index >= 15 is 0 Å². The van der Waals surface area contributed by atoms with E-state index in [2.05, 4.69) is 0 Å². The van der Waals surface area contributed by atoms with Crippen molar-refractivity contribution in [1.29, 1.82) is 0 Å². The van der Waals surface area contributed by atoms with Crippen molar-refractivity contribution in [2.75, 3.05) is 6.61 Å². The molecule has 0 aromatic heterocycles. The summed E-state index contributed by atoms with van der Waals surface area (Å²) in [4.78, 5) is 11.1. The van der Waals surface area contributed by atoms with Gasteiger partial charge >= 0.3 is 0 Å². The second-order valence-electron chi connectivity index (χ2n) is 2.84. The monoisotopic (exact) mass is 180 g/mol. The molecule has 0 saturated heterocycles. The highest BCUT2D eigenvalue weighted by molar-refractivity contribution is 5.95. The van der Waals surface area contributed by atoms with Crippen molar-refractivity contribution >= 4 is 5.78 Å². The Morgan fingerprint density at radius 3 is 2.62 bits per heavy atom. The molecule has 1 unspecified atom stereocenters. The molecule has 0 aliphatic rings. The lowest BCUT2D eigenvalue weighted by Gasteiger charge is -2.10. The Morgan fingerprint density at radius 1 is 1.46 bits per heavy atom. The van der Waals surface area contributed by atoms with Gasteiger partial charge in [0.05, 0.1) is 6.61 Å². The van der Waals surface area contributed by atoms with Crippen LogP contribution in [-0.4, -0.2) is 22.6 Å². The fraction of sp³-hybridized carbons (Fsp3) is 0.300. The lowest BCUT2D eigenvalue weighted by molar-refractivity contribution is 0.0911. The van der Waals surface area contributed by atoms with E-state index in [1.807, 2.05) is 0 Å². The Labute approximate surface area is 76.6 Å². The van der Waals surface area contributed by atoms with Crippen LogP contribution in [0.1, 0.15) is 28.9 Å². The van der Waals surface area contributed by atoms with Crippen LogP contribution >= 0.6 is 0 Å². The standard InChI is InChI=1S/C10H12O3/c1-7(12)8-4-2-3-5-9(8)10(13)6-11/h2-5,10-11,13H,6H2,1H3. The molecule has 0 spiro atoms. The van der Waals surface area contributed by atoms with Gasteiger partial charge in [-0.05, 0) is 12.5 Å². The maximum absolute atomic E-state index is 11.1. The van der Waals surface area contributed by atoms with Crippen molar-refractivity contribution in [1.82, 2.24) is 0 Å². The third-order valence-electron chi connectivity index (χ3n) is 1.87. The smallest absolute Gasteiger partial charge is 0.160 e. The molecule has 0 aliphatic carbocycles. The first-order chi connectivity index (χ1) is 6.16. The third-order valence-corrected chi connectivity index (χ3v) is 1.87. The van der Waals surface area contributed by atoms with Crippen molar-refractivity contribution in [3.05, 3.63) is 35.4 Å². The van der Waals surface area contributed by atoms with Crippen LogP contribution in [0, 0.1) is 0 Å². The third kappa shape index (κ3) is 2.14. The van der Waals surface area contributed by atoms with E-state index in [-0.39, 0.29) is 12.4 Å². The topological polar surface area (TPSA) is 57.5 Å². The minimum absolute atomic E-state index is 0.108. The van der Waals surface area contributed by atoms with Crippen molar-refractivity contribution < 1.29 is 15.0 Å². The van der Waals surface area contributed by atoms with E-state index in [9.17, 15) is 9.90 Å². The quantitative estimate of drug-likeness (QED) is 0.680. The van der Waals surface area contributed by atoms with Crippen LogP contribution in [0.15, 0.2) is 24.3 Å². The number of aliphatic hydroxyl groups excluding tert-OH is 2. The van der Waals surface area contributed by atoms with Gasteiger partial charge < -0.3 is 10.2 Å². The van der Waals surface area contributed by atoms with Gasteiger partial charge in [-0.15, -0.1) is 0 Å². The second-order valence-corrected chi connectivity index (χ2v) is 2.84. The fourth-order valence-electron chi connectivity index (χ4n) is 1.21. The molecule has 0 fully saturated rings. The Bertz CT molecular complexity index is 307. The average molecular weight is 180 g/mol. The van der Waals surface area contributed by atoms with E-state index in [1.165, 1.54) is 6.92 Å². The summed E-state index contributed by atoms with van der Waals surface area (Å²) in [5.74, 6) is -0.108. The number of rotatable bonds is 3. The summed E-state index contributed by atoms with van der Waals surface area (Å²) < 4.78 is 0. The highest BCUT2D eigenvalue weighted by Crippen LogP contribution is 2.17. The minimum atomic E-state index is -0.972. The van der Waals surface area contributed by atoms with Crippen LogP contribution < -0.4 is 0 Å². The largest absolute Gasteiger partial charge is 0.393 e. The predicted octanol–water partition coefficient (Wildman–Crippen LogP) is 0.915. The zero-order chi connectivity index (χ0) is 9.84. The summed E-state index contributed by atoms with van der Waals surface area (Å²) in [6, 6.07) is 6.72. The number of hydrogen-bond acceptors (Lipinski definition) is 3. The molecule has 3 nitrogen and oxygen atoms in total. The Kier molecular flexibility index (Phi) is 3.17. The summed E-state index contributed by atoms with van der Waals surface area (Å²) in [5.41, 5.74) is 0.946. The van der Waals surface area contributed by atoms with Crippen LogP contribution in [0.5, 0.6) is 0 Å². The molecule has 0 aliphatic heterocycles. The molecule has 2 N–H and O–H groups in total. The number of benzene rings is 1. The first-order valence-electron chi connectivity index (χ1n) is 4.05. The zero-order valence-corrected chi connectivity index (χ0v) is 7.40. The summed E-state index contributed by atoms with van der Waals surface area (Å²) >= 11 is 0. The highest BCUT2D eigenvalue weighted by atomic mass is 16.3. The molecule has 1 rings (SSSR count). The maximum Gasteiger partial charge on any atom is 0.160 e. The van der Waals surface area contributed by atoms with Crippen LogP contribution in [0.4, 0.5) is 0 Å². The van der Waals surface area contributed by atoms with Gasteiger partial charge in [-0.25, -0.2) is 0 Å². The van der Waals surface area contributed by atoms with Gasteiger partial charge in [0.15, 0.2) is 5.78 Å². The lowest BCUT2D eigenvalue weighted by atomic mass is 10.0. The summed E-state index contributed by atoms with van der Waals surface area (Å²) in [6.45, 7) is 1.06. The van der Waals surface area contributed by atoms with Crippen LogP contribution in [0.25, 0.3) is 0 Å². The van der Waals surface area contributed by atoms with E-state index < -0.39 is 6.10 Å². The van der Waals surface area contributed by atoms with Crippen molar-refractivity contribution in [2.24, 2.45) is 0 Å². The molecule has 0 amide bonds. The molecular formula is C10H12O3. The van der Waals surface area contributed by atoms with Gasteiger partial charge in [0.2, 0.25) is 0 Å².